The number of nitrogens with one attached hydrogen (secondary N) is 1. The lowest BCUT2D eigenvalue weighted by Crippen LogP contribution is -2.23. The van der Waals surface area contributed by atoms with Crippen molar-refractivity contribution in [3.8, 4) is 0 Å². The van der Waals surface area contributed by atoms with Crippen LogP contribution < -0.4 is 5.32 Å². The fourth-order valence-electron chi connectivity index (χ4n) is 2.41. The van der Waals surface area contributed by atoms with Crippen molar-refractivity contribution >= 4 is 0 Å². The van der Waals surface area contributed by atoms with E-state index in [2.05, 4.69) is 41.4 Å². The molecule has 1 saturated heterocycles. The summed E-state index contributed by atoms with van der Waals surface area (Å²) in [6, 6.07) is 8.70. The average Bonchev–Trinajstić information content (AvgIpc) is 2.96. The highest BCUT2D eigenvalue weighted by Crippen LogP contribution is 2.08. The third-order valence-electron chi connectivity index (χ3n) is 3.62. The SMILES string of the molecule is CCNCc1ccc(COCCN2CCCC2)cc1. The molecule has 0 unspecified atom stereocenters. The van der Waals surface area contributed by atoms with Gasteiger partial charge in [-0.1, -0.05) is 31.2 Å². The van der Waals surface area contributed by atoms with Gasteiger partial charge in [0.2, 0.25) is 0 Å². The first-order valence-electron chi connectivity index (χ1n) is 7.47. The molecule has 0 saturated carbocycles. The van der Waals surface area contributed by atoms with E-state index in [0.29, 0.717) is 0 Å². The van der Waals surface area contributed by atoms with Crippen LogP contribution in [0.15, 0.2) is 24.3 Å². The zero-order valence-corrected chi connectivity index (χ0v) is 12.0. The quantitative estimate of drug-likeness (QED) is 0.728. The lowest BCUT2D eigenvalue weighted by atomic mass is 10.1. The molecule has 2 rings (SSSR count). The van der Waals surface area contributed by atoms with Crippen molar-refractivity contribution in [2.75, 3.05) is 32.8 Å². The van der Waals surface area contributed by atoms with Crippen LogP contribution in [0.3, 0.4) is 0 Å². The van der Waals surface area contributed by atoms with Gasteiger partial charge in [-0.15, -0.1) is 0 Å². The lowest BCUT2D eigenvalue weighted by molar-refractivity contribution is 0.0992. The van der Waals surface area contributed by atoms with Crippen molar-refractivity contribution in [2.45, 2.75) is 32.9 Å². The van der Waals surface area contributed by atoms with Gasteiger partial charge in [-0.25, -0.2) is 0 Å². The van der Waals surface area contributed by atoms with E-state index in [4.69, 9.17) is 4.74 Å². The molecule has 0 aromatic heterocycles. The number of rotatable bonds is 8. The summed E-state index contributed by atoms with van der Waals surface area (Å²) in [6.45, 7) is 9.26. The summed E-state index contributed by atoms with van der Waals surface area (Å²) >= 11 is 0. The van der Waals surface area contributed by atoms with Crippen molar-refractivity contribution in [1.29, 1.82) is 0 Å². The van der Waals surface area contributed by atoms with Crippen LogP contribution >= 0.6 is 0 Å². The van der Waals surface area contributed by atoms with Crippen molar-refractivity contribution in [3.05, 3.63) is 35.4 Å². The zero-order chi connectivity index (χ0) is 13.3. The molecule has 0 amide bonds. The van der Waals surface area contributed by atoms with E-state index in [0.717, 1.165) is 32.8 Å². The van der Waals surface area contributed by atoms with Crippen LogP contribution in [-0.4, -0.2) is 37.7 Å². The first-order chi connectivity index (χ1) is 9.38. The summed E-state index contributed by atoms with van der Waals surface area (Å²) in [5.41, 5.74) is 2.60. The summed E-state index contributed by atoms with van der Waals surface area (Å²) in [6.07, 6.45) is 2.71. The van der Waals surface area contributed by atoms with Gasteiger partial charge in [0.1, 0.15) is 0 Å². The van der Waals surface area contributed by atoms with E-state index in [1.807, 2.05) is 0 Å². The van der Waals surface area contributed by atoms with E-state index in [-0.39, 0.29) is 0 Å². The van der Waals surface area contributed by atoms with Gasteiger partial charge < -0.3 is 15.0 Å². The average molecular weight is 262 g/mol. The highest BCUT2D eigenvalue weighted by molar-refractivity contribution is 5.21. The molecule has 1 fully saturated rings. The minimum Gasteiger partial charge on any atom is -0.375 e. The van der Waals surface area contributed by atoms with Gasteiger partial charge in [-0.2, -0.15) is 0 Å². The molecule has 1 aliphatic rings. The van der Waals surface area contributed by atoms with E-state index in [1.165, 1.54) is 37.1 Å². The second-order valence-corrected chi connectivity index (χ2v) is 5.20. The molecule has 0 aliphatic carbocycles. The maximum absolute atomic E-state index is 5.75. The van der Waals surface area contributed by atoms with E-state index >= 15 is 0 Å². The minimum absolute atomic E-state index is 0.731. The predicted octanol–water partition coefficient (Wildman–Crippen LogP) is 2.41. The predicted molar refractivity (Wildman–Crippen MR) is 79.2 cm³/mol. The third kappa shape index (κ3) is 5.31. The number of hydrogen-bond acceptors (Lipinski definition) is 3. The second-order valence-electron chi connectivity index (χ2n) is 5.20. The maximum Gasteiger partial charge on any atom is 0.0717 e. The molecule has 1 N–H and O–H groups in total. The molecule has 3 heteroatoms. The number of nitrogens with zero attached hydrogens (tertiary/aromatic N) is 1. The third-order valence-corrected chi connectivity index (χ3v) is 3.62. The Morgan fingerprint density at radius 1 is 1.11 bits per heavy atom. The Morgan fingerprint density at radius 2 is 1.79 bits per heavy atom. The summed E-state index contributed by atoms with van der Waals surface area (Å²) in [4.78, 5) is 2.49. The smallest absolute Gasteiger partial charge is 0.0717 e. The Kier molecular flexibility index (Phi) is 6.34. The largest absolute Gasteiger partial charge is 0.375 e. The Bertz CT molecular complexity index is 344. The van der Waals surface area contributed by atoms with E-state index in [1.54, 1.807) is 0 Å². The maximum atomic E-state index is 5.75. The minimum atomic E-state index is 0.731. The van der Waals surface area contributed by atoms with Gasteiger partial charge in [0.25, 0.3) is 0 Å². The number of benzene rings is 1. The second kappa shape index (κ2) is 8.31. The van der Waals surface area contributed by atoms with Crippen LogP contribution in [0.4, 0.5) is 0 Å². The van der Waals surface area contributed by atoms with E-state index < -0.39 is 0 Å². The molecule has 1 aromatic carbocycles. The molecule has 0 radical (unpaired) electrons. The molecule has 0 atom stereocenters. The molecule has 0 bridgehead atoms. The highest BCUT2D eigenvalue weighted by atomic mass is 16.5. The fourth-order valence-corrected chi connectivity index (χ4v) is 2.41. The highest BCUT2D eigenvalue weighted by Gasteiger charge is 2.10. The Balaban J connectivity index is 1.62. The summed E-state index contributed by atoms with van der Waals surface area (Å²) in [5.74, 6) is 0. The van der Waals surface area contributed by atoms with Crippen LogP contribution in [0.25, 0.3) is 0 Å². The molecule has 1 aliphatic heterocycles. The van der Waals surface area contributed by atoms with Crippen LogP contribution in [0.2, 0.25) is 0 Å². The molecular weight excluding hydrogens is 236 g/mol. The summed E-state index contributed by atoms with van der Waals surface area (Å²) in [7, 11) is 0. The monoisotopic (exact) mass is 262 g/mol. The number of ether oxygens (including phenoxy) is 1. The Labute approximate surface area is 116 Å². The molecule has 1 heterocycles. The molecule has 3 nitrogen and oxygen atoms in total. The van der Waals surface area contributed by atoms with Crippen LogP contribution in [0, 0.1) is 0 Å². The van der Waals surface area contributed by atoms with Gasteiger partial charge in [-0.3, -0.25) is 0 Å². The summed E-state index contributed by atoms with van der Waals surface area (Å²) < 4.78 is 5.75. The summed E-state index contributed by atoms with van der Waals surface area (Å²) in [5, 5.41) is 3.33. The Morgan fingerprint density at radius 3 is 2.47 bits per heavy atom. The van der Waals surface area contributed by atoms with Crippen molar-refractivity contribution in [3.63, 3.8) is 0 Å². The number of hydrogen-bond donors (Lipinski definition) is 1. The van der Waals surface area contributed by atoms with Gasteiger partial charge in [0.15, 0.2) is 0 Å². The molecular formula is C16H26N2O. The Hall–Kier alpha value is -0.900. The van der Waals surface area contributed by atoms with Gasteiger partial charge >= 0.3 is 0 Å². The molecule has 19 heavy (non-hydrogen) atoms. The van der Waals surface area contributed by atoms with Crippen molar-refractivity contribution in [2.24, 2.45) is 0 Å². The van der Waals surface area contributed by atoms with E-state index in [9.17, 15) is 0 Å². The molecule has 1 aromatic rings. The van der Waals surface area contributed by atoms with Crippen LogP contribution in [-0.2, 0) is 17.9 Å². The molecule has 106 valence electrons. The first-order valence-corrected chi connectivity index (χ1v) is 7.47. The lowest BCUT2D eigenvalue weighted by Gasteiger charge is -2.14. The topological polar surface area (TPSA) is 24.5 Å². The van der Waals surface area contributed by atoms with Gasteiger partial charge in [-0.05, 0) is 43.6 Å². The van der Waals surface area contributed by atoms with Crippen LogP contribution in [0.5, 0.6) is 0 Å². The van der Waals surface area contributed by atoms with Crippen LogP contribution in [0.1, 0.15) is 30.9 Å². The zero-order valence-electron chi connectivity index (χ0n) is 12.0. The first kappa shape index (κ1) is 14.5. The normalized spacial score (nSPS) is 16.1. The standard InChI is InChI=1S/C16H26N2O/c1-2-17-13-15-5-7-16(8-6-15)14-19-12-11-18-9-3-4-10-18/h5-8,17H,2-4,9-14H2,1H3. The fraction of sp³-hybridized carbons (Fsp3) is 0.625. The van der Waals surface area contributed by atoms with Crippen molar-refractivity contribution in [1.82, 2.24) is 10.2 Å². The van der Waals surface area contributed by atoms with Crippen molar-refractivity contribution < 1.29 is 4.74 Å². The van der Waals surface area contributed by atoms with Gasteiger partial charge in [0, 0.05) is 13.1 Å². The number of likely N-dealkylation sites (tertiary alicyclic amines) is 1. The van der Waals surface area contributed by atoms with Gasteiger partial charge in [0.05, 0.1) is 13.2 Å². The molecule has 0 spiro atoms.